The largest absolute Gasteiger partial charge is 0.394 e. The van der Waals surface area contributed by atoms with E-state index in [9.17, 15) is 20.4 Å². The average Bonchev–Trinajstić information content (AvgIpc) is 3.15. The molecule has 0 amide bonds. The molecule has 0 aliphatic carbocycles. The number of allylic oxidation sites excluding steroid dienone is 3. The maximum Gasteiger partial charge on any atom is 0.121 e. The van der Waals surface area contributed by atoms with Crippen LogP contribution in [0.2, 0.25) is 0 Å². The highest BCUT2D eigenvalue weighted by molar-refractivity contribution is 7.11. The van der Waals surface area contributed by atoms with Gasteiger partial charge in [0, 0.05) is 17.9 Å². The van der Waals surface area contributed by atoms with Crippen molar-refractivity contribution >= 4 is 22.9 Å². The molecule has 1 aliphatic rings. The van der Waals surface area contributed by atoms with Crippen LogP contribution in [0.15, 0.2) is 22.8 Å². The summed E-state index contributed by atoms with van der Waals surface area (Å²) in [4.78, 5) is 0. The van der Waals surface area contributed by atoms with Crippen molar-refractivity contribution in [1.82, 2.24) is 10.2 Å². The first-order valence-electron chi connectivity index (χ1n) is 10.0. The number of aliphatic hydroxyl groups excluding tert-OH is 4. The lowest BCUT2D eigenvalue weighted by molar-refractivity contribution is -0.227. The van der Waals surface area contributed by atoms with Gasteiger partial charge in [0.1, 0.15) is 34.4 Å². The first kappa shape index (κ1) is 24.4. The fourth-order valence-electron chi connectivity index (χ4n) is 3.12. The van der Waals surface area contributed by atoms with Gasteiger partial charge in [-0.05, 0) is 31.4 Å². The summed E-state index contributed by atoms with van der Waals surface area (Å²) in [5, 5.41) is 50.0. The van der Waals surface area contributed by atoms with Gasteiger partial charge in [0.2, 0.25) is 0 Å². The van der Waals surface area contributed by atoms with Crippen molar-refractivity contribution in [2.75, 3.05) is 6.61 Å². The van der Waals surface area contributed by atoms with Gasteiger partial charge in [-0.15, -0.1) is 21.5 Å². The molecular weight excluding hydrogens is 416 g/mol. The van der Waals surface area contributed by atoms with Crippen LogP contribution in [0.1, 0.15) is 49.5 Å². The van der Waals surface area contributed by atoms with Crippen molar-refractivity contribution in [2.45, 2.75) is 82.9 Å². The molecule has 0 spiro atoms. The first-order valence-corrected chi connectivity index (χ1v) is 11.2. The molecule has 0 aromatic carbocycles. The Morgan fingerprint density at radius 1 is 1.10 bits per heavy atom. The number of hydrogen-bond donors (Lipinski definition) is 4. The van der Waals surface area contributed by atoms with Crippen LogP contribution in [0.4, 0.5) is 0 Å². The fraction of sp³-hybridized carbons (Fsp3) is 0.700. The molecule has 5 atom stereocenters. The second kappa shape index (κ2) is 12.1. The quantitative estimate of drug-likeness (QED) is 0.321. The standard InChI is InChI=1S/C20H31ClN2O5S/c1-3-4-5-9-16-22-23-17(29-16)10-12(2)13(21)7-6-8-14-18(25)20(27)19(26)15(11-24)28-14/h6-7,14-15,18-20,24-27H,3-5,8-11H2,1-2H3. The van der Waals surface area contributed by atoms with E-state index in [4.69, 9.17) is 16.3 Å². The molecule has 1 fully saturated rings. The lowest BCUT2D eigenvalue weighted by Crippen LogP contribution is -2.58. The second-order valence-electron chi connectivity index (χ2n) is 7.36. The van der Waals surface area contributed by atoms with Crippen LogP contribution >= 0.6 is 22.9 Å². The Bertz CT molecular complexity index is 694. The monoisotopic (exact) mass is 446 g/mol. The van der Waals surface area contributed by atoms with E-state index in [-0.39, 0.29) is 6.42 Å². The van der Waals surface area contributed by atoms with Crippen molar-refractivity contribution in [3.8, 4) is 0 Å². The molecule has 0 radical (unpaired) electrons. The van der Waals surface area contributed by atoms with E-state index in [0.29, 0.717) is 11.5 Å². The molecule has 5 unspecified atom stereocenters. The molecule has 4 N–H and O–H groups in total. The lowest BCUT2D eigenvalue weighted by Gasteiger charge is -2.39. The van der Waals surface area contributed by atoms with Crippen LogP contribution in [-0.2, 0) is 17.6 Å². The summed E-state index contributed by atoms with van der Waals surface area (Å²) in [7, 11) is 0. The third-order valence-corrected chi connectivity index (χ3v) is 6.38. The number of hydrogen-bond acceptors (Lipinski definition) is 8. The number of aromatic nitrogens is 2. The Balaban J connectivity index is 1.89. The van der Waals surface area contributed by atoms with E-state index in [1.807, 2.05) is 6.92 Å². The van der Waals surface area contributed by atoms with Gasteiger partial charge in [-0.2, -0.15) is 0 Å². The second-order valence-corrected chi connectivity index (χ2v) is 8.91. The van der Waals surface area contributed by atoms with Crippen molar-refractivity contribution in [3.63, 3.8) is 0 Å². The van der Waals surface area contributed by atoms with Gasteiger partial charge in [-0.3, -0.25) is 0 Å². The molecule has 0 saturated carbocycles. The van der Waals surface area contributed by atoms with Crippen LogP contribution in [-0.4, -0.2) is 67.8 Å². The normalized spacial score (nSPS) is 28.7. The van der Waals surface area contributed by atoms with Crippen molar-refractivity contribution < 1.29 is 25.2 Å². The lowest BCUT2D eigenvalue weighted by atomic mass is 9.93. The molecular formula is C20H31ClN2O5S. The number of unbranched alkanes of at least 4 members (excludes halogenated alkanes) is 2. The van der Waals surface area contributed by atoms with Crippen LogP contribution in [0.25, 0.3) is 0 Å². The summed E-state index contributed by atoms with van der Waals surface area (Å²) < 4.78 is 5.47. The molecule has 0 bridgehead atoms. The van der Waals surface area contributed by atoms with Gasteiger partial charge >= 0.3 is 0 Å². The molecule has 9 heteroatoms. The molecule has 1 saturated heterocycles. The van der Waals surface area contributed by atoms with Crippen molar-refractivity contribution in [3.05, 3.63) is 32.8 Å². The fourth-order valence-corrected chi connectivity index (χ4v) is 4.25. The van der Waals surface area contributed by atoms with Crippen LogP contribution < -0.4 is 0 Å². The molecule has 7 nitrogen and oxygen atoms in total. The number of rotatable bonds is 10. The molecule has 164 valence electrons. The summed E-state index contributed by atoms with van der Waals surface area (Å²) in [5.41, 5.74) is 0.952. The van der Waals surface area contributed by atoms with Crippen molar-refractivity contribution in [2.24, 2.45) is 0 Å². The average molecular weight is 447 g/mol. The predicted octanol–water partition coefficient (Wildman–Crippen LogP) is 2.11. The smallest absolute Gasteiger partial charge is 0.121 e. The van der Waals surface area contributed by atoms with E-state index in [0.717, 1.165) is 28.4 Å². The molecule has 2 rings (SSSR count). The molecule has 1 aromatic heterocycles. The van der Waals surface area contributed by atoms with Gasteiger partial charge in [-0.1, -0.05) is 37.4 Å². The van der Waals surface area contributed by atoms with Gasteiger partial charge < -0.3 is 25.2 Å². The Kier molecular flexibility index (Phi) is 10.2. The topological polar surface area (TPSA) is 116 Å². The third-order valence-electron chi connectivity index (χ3n) is 4.95. The minimum Gasteiger partial charge on any atom is -0.394 e. The zero-order valence-corrected chi connectivity index (χ0v) is 18.4. The van der Waals surface area contributed by atoms with E-state index in [2.05, 4.69) is 17.1 Å². The van der Waals surface area contributed by atoms with E-state index >= 15 is 0 Å². The number of nitrogens with zero attached hydrogens (tertiary/aromatic N) is 2. The van der Waals surface area contributed by atoms with Crippen LogP contribution in [0.5, 0.6) is 0 Å². The Morgan fingerprint density at radius 2 is 1.79 bits per heavy atom. The maximum atomic E-state index is 10.1. The van der Waals surface area contributed by atoms with Crippen LogP contribution in [0.3, 0.4) is 0 Å². The van der Waals surface area contributed by atoms with E-state index < -0.39 is 37.1 Å². The summed E-state index contributed by atoms with van der Waals surface area (Å²) in [6, 6.07) is 0. The Hall–Kier alpha value is -0.870. The van der Waals surface area contributed by atoms with Crippen molar-refractivity contribution in [1.29, 1.82) is 0 Å². The third kappa shape index (κ3) is 7.10. The number of halogens is 1. The van der Waals surface area contributed by atoms with E-state index in [1.165, 1.54) is 12.8 Å². The maximum absolute atomic E-state index is 10.1. The highest BCUT2D eigenvalue weighted by Crippen LogP contribution is 2.24. The minimum atomic E-state index is -1.36. The zero-order chi connectivity index (χ0) is 21.4. The number of aryl methyl sites for hydroxylation is 1. The number of aliphatic hydroxyl groups is 4. The molecule has 2 heterocycles. The minimum absolute atomic E-state index is 0.283. The predicted molar refractivity (Wildman–Crippen MR) is 113 cm³/mol. The Morgan fingerprint density at radius 3 is 2.48 bits per heavy atom. The summed E-state index contributed by atoms with van der Waals surface area (Å²) >= 11 is 7.98. The first-order chi connectivity index (χ1) is 13.9. The molecule has 1 aliphatic heterocycles. The highest BCUT2D eigenvalue weighted by Gasteiger charge is 2.42. The SMILES string of the molecule is CCCCCc1nnc(CC(C)=C(Cl)C=CCC2OC(CO)C(O)C(O)C2O)s1. The van der Waals surface area contributed by atoms with Gasteiger partial charge in [-0.25, -0.2) is 0 Å². The van der Waals surface area contributed by atoms with Crippen LogP contribution in [0, 0.1) is 0 Å². The molecule has 1 aromatic rings. The zero-order valence-electron chi connectivity index (χ0n) is 16.9. The summed E-state index contributed by atoms with van der Waals surface area (Å²) in [5.74, 6) is 0. The summed E-state index contributed by atoms with van der Waals surface area (Å²) in [6.07, 6.45) is 3.24. The highest BCUT2D eigenvalue weighted by atomic mass is 35.5. The van der Waals surface area contributed by atoms with Gasteiger partial charge in [0.05, 0.1) is 12.7 Å². The van der Waals surface area contributed by atoms with Gasteiger partial charge in [0.15, 0.2) is 0 Å². The molecule has 29 heavy (non-hydrogen) atoms. The number of ether oxygens (including phenoxy) is 1. The summed E-state index contributed by atoms with van der Waals surface area (Å²) in [6.45, 7) is 3.67. The Labute approximate surface area is 180 Å². The van der Waals surface area contributed by atoms with E-state index in [1.54, 1.807) is 23.5 Å². The van der Waals surface area contributed by atoms with Gasteiger partial charge in [0.25, 0.3) is 0 Å².